The molecule has 2 unspecified atom stereocenters. The standard InChI is InChI=1S/C19H37O6P/c1-18(2,3)13-9-11-15(21)10-8-12-16(22)17(19(4,5)14-20)25-26(7,23)24-6/h17,20H,8-14H2,1-7H3. The lowest BCUT2D eigenvalue weighted by Gasteiger charge is -2.32. The highest BCUT2D eigenvalue weighted by atomic mass is 31.2. The maximum atomic E-state index is 12.5. The lowest BCUT2D eigenvalue weighted by molar-refractivity contribution is -0.133. The third-order valence-corrected chi connectivity index (χ3v) is 5.56. The molecule has 0 aromatic rings. The molecule has 0 radical (unpaired) electrons. The van der Waals surface area contributed by atoms with Gasteiger partial charge in [0.25, 0.3) is 0 Å². The number of carbonyl (C=O) groups is 2. The SMILES string of the molecule is COP(C)(=O)OC(C(=O)CCCC(=O)CCCC(C)(C)C)C(C)(C)CO. The van der Waals surface area contributed by atoms with Gasteiger partial charge in [0.05, 0.1) is 6.61 Å². The predicted octanol–water partition coefficient (Wildman–Crippen LogP) is 4.38. The number of rotatable bonds is 13. The molecular formula is C19H37O6P. The Bertz CT molecular complexity index is 507. The van der Waals surface area contributed by atoms with Crippen LogP contribution in [0.5, 0.6) is 0 Å². The zero-order valence-corrected chi connectivity index (χ0v) is 18.4. The van der Waals surface area contributed by atoms with Gasteiger partial charge in [-0.3, -0.25) is 18.7 Å². The van der Waals surface area contributed by atoms with Crippen molar-refractivity contribution in [2.24, 2.45) is 10.8 Å². The third-order valence-electron chi connectivity index (χ3n) is 4.30. The fourth-order valence-electron chi connectivity index (χ4n) is 2.49. The molecule has 0 aromatic carbocycles. The smallest absolute Gasteiger partial charge is 0.328 e. The van der Waals surface area contributed by atoms with Crippen molar-refractivity contribution in [2.45, 2.75) is 79.2 Å². The van der Waals surface area contributed by atoms with E-state index in [2.05, 4.69) is 20.8 Å². The summed E-state index contributed by atoms with van der Waals surface area (Å²) in [7, 11) is -2.12. The van der Waals surface area contributed by atoms with Crippen LogP contribution in [0.1, 0.15) is 73.1 Å². The Kier molecular flexibility index (Phi) is 10.5. The van der Waals surface area contributed by atoms with Crippen molar-refractivity contribution in [3.8, 4) is 0 Å². The van der Waals surface area contributed by atoms with E-state index in [0.29, 0.717) is 19.3 Å². The quantitative estimate of drug-likeness (QED) is 0.468. The monoisotopic (exact) mass is 392 g/mol. The third kappa shape index (κ3) is 10.6. The lowest BCUT2D eigenvalue weighted by atomic mass is 9.84. The van der Waals surface area contributed by atoms with Crippen LogP contribution in [0.25, 0.3) is 0 Å². The largest absolute Gasteiger partial charge is 0.396 e. The van der Waals surface area contributed by atoms with Crippen molar-refractivity contribution >= 4 is 19.2 Å². The van der Waals surface area contributed by atoms with Gasteiger partial charge >= 0.3 is 7.60 Å². The van der Waals surface area contributed by atoms with Crippen LogP contribution >= 0.6 is 7.60 Å². The van der Waals surface area contributed by atoms with E-state index in [1.807, 2.05) is 0 Å². The number of Topliss-reactive ketones (excluding diaryl/α,β-unsaturated/α-hetero) is 2. The topological polar surface area (TPSA) is 89.9 Å². The predicted molar refractivity (Wildman–Crippen MR) is 103 cm³/mol. The minimum absolute atomic E-state index is 0.142. The fraction of sp³-hybridized carbons (Fsp3) is 0.895. The van der Waals surface area contributed by atoms with E-state index < -0.39 is 19.1 Å². The number of hydrogen-bond donors (Lipinski definition) is 1. The van der Waals surface area contributed by atoms with E-state index in [-0.39, 0.29) is 30.0 Å². The average Bonchev–Trinajstić information content (AvgIpc) is 2.51. The van der Waals surface area contributed by atoms with Gasteiger partial charge in [-0.2, -0.15) is 0 Å². The normalized spacial score (nSPS) is 16.2. The summed E-state index contributed by atoms with van der Waals surface area (Å²) < 4.78 is 22.3. The molecule has 0 saturated carbocycles. The van der Waals surface area contributed by atoms with Crippen LogP contribution in [0.3, 0.4) is 0 Å². The summed E-state index contributed by atoms with van der Waals surface area (Å²) in [6, 6.07) is 0. The van der Waals surface area contributed by atoms with Gasteiger partial charge in [-0.15, -0.1) is 0 Å². The molecule has 0 aromatic heterocycles. The molecular weight excluding hydrogens is 355 g/mol. The number of hydrogen-bond acceptors (Lipinski definition) is 6. The van der Waals surface area contributed by atoms with Crippen LogP contribution in [-0.2, 0) is 23.2 Å². The van der Waals surface area contributed by atoms with Crippen LogP contribution in [0.15, 0.2) is 0 Å². The zero-order chi connectivity index (χ0) is 20.6. The summed E-state index contributed by atoms with van der Waals surface area (Å²) >= 11 is 0. The number of carbonyl (C=O) groups excluding carboxylic acids is 2. The zero-order valence-electron chi connectivity index (χ0n) is 17.5. The summed E-state index contributed by atoms with van der Waals surface area (Å²) in [4.78, 5) is 24.5. The molecule has 7 heteroatoms. The van der Waals surface area contributed by atoms with E-state index >= 15 is 0 Å². The lowest BCUT2D eigenvalue weighted by Crippen LogP contribution is -2.41. The summed E-state index contributed by atoms with van der Waals surface area (Å²) in [6.45, 7) is 10.8. The first-order valence-corrected chi connectivity index (χ1v) is 11.2. The summed E-state index contributed by atoms with van der Waals surface area (Å²) in [6.07, 6.45) is 2.24. The van der Waals surface area contributed by atoms with E-state index in [0.717, 1.165) is 12.8 Å². The molecule has 26 heavy (non-hydrogen) atoms. The minimum Gasteiger partial charge on any atom is -0.396 e. The van der Waals surface area contributed by atoms with Crippen molar-refractivity contribution in [1.82, 2.24) is 0 Å². The molecule has 154 valence electrons. The van der Waals surface area contributed by atoms with E-state index in [1.165, 1.54) is 13.8 Å². The van der Waals surface area contributed by atoms with Gasteiger partial charge in [0.15, 0.2) is 5.78 Å². The van der Waals surface area contributed by atoms with Gasteiger partial charge in [0.2, 0.25) is 0 Å². The van der Waals surface area contributed by atoms with E-state index in [4.69, 9.17) is 9.05 Å². The minimum atomic E-state index is -3.37. The molecule has 0 bridgehead atoms. The van der Waals surface area contributed by atoms with Crippen molar-refractivity contribution in [3.05, 3.63) is 0 Å². The Hall–Kier alpha value is -0.550. The fourth-order valence-corrected chi connectivity index (χ4v) is 3.36. The van der Waals surface area contributed by atoms with Crippen molar-refractivity contribution in [3.63, 3.8) is 0 Å². The number of aliphatic hydroxyl groups excluding tert-OH is 1. The Morgan fingerprint density at radius 1 is 1.04 bits per heavy atom. The second kappa shape index (κ2) is 10.7. The highest BCUT2D eigenvalue weighted by Gasteiger charge is 2.39. The summed E-state index contributed by atoms with van der Waals surface area (Å²) in [5.41, 5.74) is -0.676. The Morgan fingerprint density at radius 2 is 1.58 bits per heavy atom. The van der Waals surface area contributed by atoms with E-state index in [9.17, 15) is 19.3 Å². The van der Waals surface area contributed by atoms with Crippen LogP contribution in [-0.4, -0.2) is 43.2 Å². The van der Waals surface area contributed by atoms with Gasteiger partial charge in [0, 0.05) is 38.5 Å². The van der Waals surface area contributed by atoms with Crippen molar-refractivity contribution in [2.75, 3.05) is 20.4 Å². The molecule has 6 nitrogen and oxygen atoms in total. The second-order valence-electron chi connectivity index (χ2n) is 8.86. The first kappa shape index (κ1) is 25.4. The molecule has 0 amide bonds. The molecule has 0 spiro atoms. The molecule has 0 saturated heterocycles. The molecule has 0 rings (SSSR count). The Morgan fingerprint density at radius 3 is 2.04 bits per heavy atom. The molecule has 0 aliphatic carbocycles. The highest BCUT2D eigenvalue weighted by Crippen LogP contribution is 2.47. The van der Waals surface area contributed by atoms with Gasteiger partial charge in [-0.25, -0.2) is 0 Å². The van der Waals surface area contributed by atoms with Crippen LogP contribution in [0.2, 0.25) is 0 Å². The summed E-state index contributed by atoms with van der Waals surface area (Å²) in [5.74, 6) is -0.121. The average molecular weight is 392 g/mol. The number of ketones is 2. The van der Waals surface area contributed by atoms with Crippen molar-refractivity contribution in [1.29, 1.82) is 0 Å². The van der Waals surface area contributed by atoms with Gasteiger partial charge in [-0.05, 0) is 24.7 Å². The maximum Gasteiger partial charge on any atom is 0.328 e. The van der Waals surface area contributed by atoms with Gasteiger partial charge in [-0.1, -0.05) is 34.6 Å². The van der Waals surface area contributed by atoms with E-state index in [1.54, 1.807) is 13.8 Å². The van der Waals surface area contributed by atoms with Crippen LogP contribution < -0.4 is 0 Å². The molecule has 1 N–H and O–H groups in total. The second-order valence-corrected chi connectivity index (χ2v) is 11.0. The van der Waals surface area contributed by atoms with Gasteiger partial charge < -0.3 is 9.63 Å². The molecule has 0 aliphatic rings. The first-order valence-electron chi connectivity index (χ1n) is 9.21. The Balaban J connectivity index is 4.58. The van der Waals surface area contributed by atoms with Crippen LogP contribution in [0.4, 0.5) is 0 Å². The molecule has 0 heterocycles. The van der Waals surface area contributed by atoms with Crippen LogP contribution in [0, 0.1) is 10.8 Å². The van der Waals surface area contributed by atoms with Crippen molar-refractivity contribution < 1.29 is 28.3 Å². The molecule has 2 atom stereocenters. The Labute approximate surface area is 158 Å². The molecule has 0 aliphatic heterocycles. The van der Waals surface area contributed by atoms with Gasteiger partial charge in [0.1, 0.15) is 11.9 Å². The summed E-state index contributed by atoms with van der Waals surface area (Å²) in [5, 5.41) is 9.54. The first-order chi connectivity index (χ1) is 11.7. The number of aliphatic hydroxyl groups is 1. The highest BCUT2D eigenvalue weighted by molar-refractivity contribution is 7.53. The maximum absolute atomic E-state index is 12.5. The molecule has 0 fully saturated rings.